The molecule has 9 rings (SSSR count). The zero-order valence-corrected chi connectivity index (χ0v) is 30.7. The molecule has 264 valence electrons. The van der Waals surface area contributed by atoms with E-state index >= 15 is 0 Å². The summed E-state index contributed by atoms with van der Waals surface area (Å²) in [7, 11) is 0. The summed E-state index contributed by atoms with van der Waals surface area (Å²) in [6.07, 6.45) is 3.10. The summed E-state index contributed by atoms with van der Waals surface area (Å²) in [5.41, 5.74) is 15.3. The molecule has 0 radical (unpaired) electrons. The summed E-state index contributed by atoms with van der Waals surface area (Å²) in [4.78, 5) is 16.2. The third kappa shape index (κ3) is 6.91. The van der Waals surface area contributed by atoms with Crippen molar-refractivity contribution in [2.75, 3.05) is 4.90 Å². The van der Waals surface area contributed by atoms with Gasteiger partial charge in [0.05, 0.1) is 0 Å². The van der Waals surface area contributed by atoms with Gasteiger partial charge >= 0.3 is 0 Å². The largest absolute Gasteiger partial charge is 0.311 e. The van der Waals surface area contributed by atoms with Gasteiger partial charge in [-0.25, -0.2) is 0 Å². The van der Waals surface area contributed by atoms with Crippen LogP contribution in [0.15, 0.2) is 206 Å². The number of carbonyl (C=O) groups excluding carboxylic acids is 1. The van der Waals surface area contributed by atoms with Crippen LogP contribution in [0.4, 0.5) is 17.1 Å². The van der Waals surface area contributed by atoms with E-state index in [0.717, 1.165) is 80.8 Å². The number of rotatable bonds is 11. The predicted molar refractivity (Wildman–Crippen MR) is 229 cm³/mol. The van der Waals surface area contributed by atoms with E-state index in [-0.39, 0.29) is 5.78 Å². The lowest BCUT2D eigenvalue weighted by Gasteiger charge is -2.25. The Balaban J connectivity index is 1.04. The number of hydrogen-bond acceptors (Lipinski definition) is 2. The second-order valence-electron chi connectivity index (χ2n) is 14.4. The van der Waals surface area contributed by atoms with E-state index in [4.69, 9.17) is 0 Å². The average Bonchev–Trinajstić information content (AvgIpc) is 3.56. The molecule has 0 spiro atoms. The van der Waals surface area contributed by atoms with Crippen LogP contribution >= 0.6 is 0 Å². The van der Waals surface area contributed by atoms with Crippen LogP contribution in [0.3, 0.4) is 0 Å². The molecule has 1 aliphatic rings. The van der Waals surface area contributed by atoms with Crippen molar-refractivity contribution in [3.05, 3.63) is 234 Å². The van der Waals surface area contributed by atoms with E-state index < -0.39 is 0 Å². The molecular weight excluding hydrogens is 667 g/mol. The Labute approximate surface area is 324 Å². The van der Waals surface area contributed by atoms with E-state index in [1.807, 2.05) is 36.4 Å². The fourth-order valence-electron chi connectivity index (χ4n) is 8.24. The molecule has 0 heterocycles. The molecule has 0 N–H and O–H groups in total. The maximum Gasteiger partial charge on any atom is 0.194 e. The molecule has 0 bridgehead atoms. The fraction of sp³-hybridized carbons (Fsp3) is 0.0755. The molecule has 55 heavy (non-hydrogen) atoms. The molecule has 2 heteroatoms. The van der Waals surface area contributed by atoms with Gasteiger partial charge in [-0.15, -0.1) is 0 Å². The molecule has 2 nitrogen and oxygen atoms in total. The van der Waals surface area contributed by atoms with Gasteiger partial charge in [-0.3, -0.25) is 4.79 Å². The van der Waals surface area contributed by atoms with Crippen LogP contribution in [0.25, 0.3) is 33.4 Å². The lowest BCUT2D eigenvalue weighted by atomic mass is 9.86. The van der Waals surface area contributed by atoms with Crippen molar-refractivity contribution in [3.8, 4) is 33.4 Å². The van der Waals surface area contributed by atoms with Gasteiger partial charge in [0.25, 0.3) is 0 Å². The molecule has 0 fully saturated rings. The van der Waals surface area contributed by atoms with Gasteiger partial charge in [0.15, 0.2) is 5.78 Å². The van der Waals surface area contributed by atoms with Crippen molar-refractivity contribution in [1.29, 1.82) is 0 Å². The molecule has 1 aliphatic carbocycles. The van der Waals surface area contributed by atoms with Crippen LogP contribution in [0.1, 0.15) is 45.0 Å². The highest BCUT2D eigenvalue weighted by Crippen LogP contribution is 2.48. The smallest absolute Gasteiger partial charge is 0.194 e. The van der Waals surface area contributed by atoms with Crippen molar-refractivity contribution in [2.45, 2.75) is 25.2 Å². The lowest BCUT2D eigenvalue weighted by molar-refractivity contribution is 0.104. The quantitative estimate of drug-likeness (QED) is 0.133. The van der Waals surface area contributed by atoms with Crippen LogP contribution < -0.4 is 4.90 Å². The number of aryl methyl sites for hydroxylation is 1. The molecule has 0 amide bonds. The minimum atomic E-state index is 0.0883. The summed E-state index contributed by atoms with van der Waals surface area (Å²) in [6.45, 7) is 0. The Morgan fingerprint density at radius 3 is 1.35 bits per heavy atom. The second-order valence-corrected chi connectivity index (χ2v) is 14.4. The van der Waals surface area contributed by atoms with Gasteiger partial charge in [0, 0.05) is 39.3 Å². The summed E-state index contributed by atoms with van der Waals surface area (Å²) in [5.74, 6) is 0.504. The van der Waals surface area contributed by atoms with E-state index in [0.29, 0.717) is 5.92 Å². The Morgan fingerprint density at radius 1 is 0.382 bits per heavy atom. The van der Waals surface area contributed by atoms with E-state index in [1.54, 1.807) is 0 Å². The van der Waals surface area contributed by atoms with E-state index in [2.05, 4.69) is 175 Å². The summed E-state index contributed by atoms with van der Waals surface area (Å²) < 4.78 is 0. The third-order valence-electron chi connectivity index (χ3n) is 11.0. The Morgan fingerprint density at radius 2 is 0.818 bits per heavy atom. The normalized spacial score (nSPS) is 12.2. The first kappa shape index (κ1) is 34.0. The first-order valence-electron chi connectivity index (χ1n) is 19.2. The summed E-state index contributed by atoms with van der Waals surface area (Å²) in [5, 5.41) is 0. The van der Waals surface area contributed by atoms with Crippen molar-refractivity contribution in [2.24, 2.45) is 0 Å². The minimum Gasteiger partial charge on any atom is -0.311 e. The van der Waals surface area contributed by atoms with E-state index in [9.17, 15) is 4.79 Å². The zero-order chi connectivity index (χ0) is 37.0. The second kappa shape index (κ2) is 15.3. The molecule has 0 aromatic heterocycles. The van der Waals surface area contributed by atoms with Gasteiger partial charge in [-0.1, -0.05) is 170 Å². The Kier molecular flexibility index (Phi) is 9.46. The van der Waals surface area contributed by atoms with Gasteiger partial charge in [0.1, 0.15) is 0 Å². The number of anilines is 3. The lowest BCUT2D eigenvalue weighted by Crippen LogP contribution is -2.09. The first-order chi connectivity index (χ1) is 27.2. The molecular formula is C53H41NO. The monoisotopic (exact) mass is 707 g/mol. The van der Waals surface area contributed by atoms with Crippen LogP contribution in [-0.2, 0) is 12.8 Å². The molecule has 1 unspecified atom stereocenters. The predicted octanol–water partition coefficient (Wildman–Crippen LogP) is 13.7. The van der Waals surface area contributed by atoms with Crippen LogP contribution in [-0.4, -0.2) is 5.78 Å². The van der Waals surface area contributed by atoms with Crippen molar-refractivity contribution in [1.82, 2.24) is 0 Å². The molecule has 1 atom stereocenters. The highest BCUT2D eigenvalue weighted by atomic mass is 16.1. The number of fused-ring (bicyclic) bond motifs is 3. The van der Waals surface area contributed by atoms with Crippen molar-refractivity contribution < 1.29 is 4.79 Å². The number of ketones is 1. The van der Waals surface area contributed by atoms with E-state index in [1.165, 1.54) is 16.7 Å². The van der Waals surface area contributed by atoms with Crippen LogP contribution in [0, 0.1) is 0 Å². The summed E-state index contributed by atoms with van der Waals surface area (Å²) in [6, 6.07) is 72.7. The highest BCUT2D eigenvalue weighted by Gasteiger charge is 2.31. The van der Waals surface area contributed by atoms with Gasteiger partial charge in [-0.2, -0.15) is 0 Å². The van der Waals surface area contributed by atoms with Gasteiger partial charge in [-0.05, 0) is 101 Å². The van der Waals surface area contributed by atoms with Crippen LogP contribution in [0.5, 0.6) is 0 Å². The minimum absolute atomic E-state index is 0.0883. The molecule has 0 saturated heterocycles. The number of para-hydroxylation sites is 2. The Hall–Kier alpha value is -6.77. The number of benzene rings is 8. The number of carbonyl (C=O) groups is 1. The average molecular weight is 708 g/mol. The van der Waals surface area contributed by atoms with Gasteiger partial charge in [0.2, 0.25) is 0 Å². The number of hydrogen-bond donors (Lipinski definition) is 0. The maximum absolute atomic E-state index is 14.0. The first-order valence-corrected chi connectivity index (χ1v) is 19.2. The molecule has 8 aromatic rings. The van der Waals surface area contributed by atoms with Gasteiger partial charge < -0.3 is 4.90 Å². The zero-order valence-electron chi connectivity index (χ0n) is 30.7. The third-order valence-corrected chi connectivity index (χ3v) is 11.0. The van der Waals surface area contributed by atoms with Crippen molar-refractivity contribution >= 4 is 22.8 Å². The van der Waals surface area contributed by atoms with Crippen molar-refractivity contribution in [3.63, 3.8) is 0 Å². The van der Waals surface area contributed by atoms with Crippen LogP contribution in [0.2, 0.25) is 0 Å². The standard InChI is InChI=1S/C53H41NO/c55-53-49-25-13-23-47(41-30-28-39(29-31-41)37-43(40-17-7-2-8-18-40)32-27-38-15-5-1-6-16-38)51(49)52-48(24-14-26-50(52)53)42-33-35-46(36-34-42)54(44-19-9-3-10-20-44)45-21-11-4-12-22-45/h1-26,28-31,33-36,43H,27,32,37H2. The topological polar surface area (TPSA) is 20.3 Å². The molecule has 0 saturated carbocycles. The number of nitrogens with zero attached hydrogens (tertiary/aromatic N) is 1. The maximum atomic E-state index is 14.0. The Bertz CT molecular complexity index is 2500. The SMILES string of the molecule is O=C1c2cccc(-c3ccc(CC(CCc4ccccc4)c4ccccc4)cc3)c2-c2c1cccc2-c1ccc(N(c2ccccc2)c2ccccc2)cc1. The highest BCUT2D eigenvalue weighted by molar-refractivity contribution is 6.25. The molecule has 0 aliphatic heterocycles. The molecule has 8 aromatic carbocycles. The fourth-order valence-corrected chi connectivity index (χ4v) is 8.24. The summed E-state index contributed by atoms with van der Waals surface area (Å²) >= 11 is 0.